The number of H-pyrrole nitrogens is 1. The van der Waals surface area contributed by atoms with Crippen molar-refractivity contribution in [1.29, 1.82) is 0 Å². The number of rotatable bonds is 9. The predicted molar refractivity (Wildman–Crippen MR) is 116 cm³/mol. The van der Waals surface area contributed by atoms with Gasteiger partial charge in [-0.3, -0.25) is 18.9 Å². The van der Waals surface area contributed by atoms with Crippen molar-refractivity contribution >= 4 is 24.3 Å². The van der Waals surface area contributed by atoms with Gasteiger partial charge >= 0.3 is 11.4 Å². The van der Waals surface area contributed by atoms with Crippen LogP contribution in [0.4, 0.5) is 5.82 Å². The molecule has 0 spiro atoms. The highest BCUT2D eigenvalue weighted by molar-refractivity contribution is 8.06. The highest BCUT2D eigenvalue weighted by Crippen LogP contribution is 2.42. The smallest absolute Gasteiger partial charge is 0.349 e. The molecule has 1 aliphatic rings. The van der Waals surface area contributed by atoms with Gasteiger partial charge in [0.2, 0.25) is 0 Å². The summed E-state index contributed by atoms with van der Waals surface area (Å²) in [6.45, 7) is -3.93. The molecule has 2 aromatic heterocycles. The summed E-state index contributed by atoms with van der Waals surface area (Å²) >= 11 is 4.85. The maximum absolute atomic E-state index is 12.6. The third-order valence-corrected chi connectivity index (χ3v) is 6.43. The van der Waals surface area contributed by atoms with Crippen molar-refractivity contribution < 1.29 is 28.9 Å². The number of hydrogen-bond donors (Lipinski definition) is 4. The first kappa shape index (κ1) is 25.4. The van der Waals surface area contributed by atoms with Crippen molar-refractivity contribution in [2.45, 2.75) is 44.4 Å². The third-order valence-electron chi connectivity index (χ3n) is 4.84. The summed E-state index contributed by atoms with van der Waals surface area (Å²) < 4.78 is 18.2. The first-order valence-corrected chi connectivity index (χ1v) is 12.3. The quantitative estimate of drug-likeness (QED) is 0.258. The lowest BCUT2D eigenvalue weighted by atomic mass is 10.2. The molecule has 1 fully saturated rings. The van der Waals surface area contributed by atoms with E-state index in [2.05, 4.69) is 9.97 Å². The zero-order chi connectivity index (χ0) is 24.3. The number of aromatic nitrogens is 4. The Morgan fingerprint density at radius 2 is 2.21 bits per heavy atom. The van der Waals surface area contributed by atoms with Crippen LogP contribution in [0.3, 0.4) is 0 Å². The number of nitrogens with one attached hydrogen (secondary N) is 1. The molecule has 5 unspecified atom stereocenters. The Bertz CT molecular complexity index is 1210. The van der Waals surface area contributed by atoms with Crippen LogP contribution < -0.4 is 27.6 Å². The van der Waals surface area contributed by atoms with Crippen LogP contribution in [0.5, 0.6) is 0 Å². The largest absolute Gasteiger partial charge is 0.780 e. The Hall–Kier alpha value is -2.23. The van der Waals surface area contributed by atoms with E-state index in [1.54, 1.807) is 0 Å². The maximum atomic E-state index is 12.6. The first-order valence-electron chi connectivity index (χ1n) is 9.72. The van der Waals surface area contributed by atoms with Gasteiger partial charge in [-0.05, 0) is 13.0 Å². The van der Waals surface area contributed by atoms with E-state index in [9.17, 15) is 29.5 Å². The number of aliphatic hydroxyl groups excluding tert-OH is 2. The van der Waals surface area contributed by atoms with Crippen molar-refractivity contribution in [3.05, 3.63) is 55.3 Å². The van der Waals surface area contributed by atoms with Crippen LogP contribution in [0.25, 0.3) is 0 Å². The van der Waals surface area contributed by atoms with Gasteiger partial charge in [0.05, 0.1) is 25.9 Å². The summed E-state index contributed by atoms with van der Waals surface area (Å²) in [5.74, 6) is 0.0164. The molecule has 5 N–H and O–H groups in total. The van der Waals surface area contributed by atoms with Crippen molar-refractivity contribution in [3.63, 3.8) is 0 Å². The molecule has 0 saturated carbocycles. The Morgan fingerprint density at radius 3 is 2.88 bits per heavy atom. The minimum absolute atomic E-state index is 0.00826. The summed E-state index contributed by atoms with van der Waals surface area (Å²) in [7, 11) is 0. The Balaban J connectivity index is 1.60. The number of ether oxygens (including phenoxy) is 1. The van der Waals surface area contributed by atoms with Gasteiger partial charge in [0.15, 0.2) is 0 Å². The molecule has 5 atom stereocenters. The summed E-state index contributed by atoms with van der Waals surface area (Å²) in [5, 5.41) is 19.8. The average Bonchev–Trinajstić information content (AvgIpc) is 3.11. The van der Waals surface area contributed by atoms with E-state index in [1.165, 1.54) is 25.4 Å². The highest BCUT2D eigenvalue weighted by atomic mass is 32.5. The normalized spacial score (nSPS) is 23.3. The zero-order valence-corrected chi connectivity index (χ0v) is 19.1. The minimum atomic E-state index is -4.17. The van der Waals surface area contributed by atoms with E-state index in [1.807, 2.05) is 0 Å². The fourth-order valence-electron chi connectivity index (χ4n) is 3.14. The van der Waals surface area contributed by atoms with E-state index in [4.69, 9.17) is 31.3 Å². The zero-order valence-electron chi connectivity index (χ0n) is 17.4. The van der Waals surface area contributed by atoms with Crippen LogP contribution in [-0.2, 0) is 32.1 Å². The summed E-state index contributed by atoms with van der Waals surface area (Å²) in [6, 6.07) is 1.37. The number of aromatic amines is 1. The minimum Gasteiger partial charge on any atom is -0.780 e. The van der Waals surface area contributed by atoms with Crippen molar-refractivity contribution in [2.75, 3.05) is 18.9 Å². The second-order valence-corrected chi connectivity index (χ2v) is 10.1. The second kappa shape index (κ2) is 10.4. The summed E-state index contributed by atoms with van der Waals surface area (Å²) in [6.07, 6.45) is -1.48. The van der Waals surface area contributed by atoms with Crippen LogP contribution in [-0.4, -0.2) is 60.8 Å². The van der Waals surface area contributed by atoms with E-state index in [0.717, 1.165) is 9.13 Å². The van der Waals surface area contributed by atoms with Gasteiger partial charge in [-0.2, -0.15) is 4.98 Å². The molecule has 1 aliphatic heterocycles. The lowest BCUT2D eigenvalue weighted by Crippen LogP contribution is -2.34. The van der Waals surface area contributed by atoms with E-state index < -0.39 is 61.4 Å². The van der Waals surface area contributed by atoms with Crippen LogP contribution in [0.15, 0.2) is 32.8 Å². The van der Waals surface area contributed by atoms with Crippen LogP contribution in [0.1, 0.15) is 18.2 Å². The van der Waals surface area contributed by atoms with Gasteiger partial charge in [-0.15, -0.1) is 0 Å². The molecular weight excluding hydrogens is 481 g/mol. The van der Waals surface area contributed by atoms with Crippen LogP contribution in [0, 0.1) is 6.92 Å². The lowest BCUT2D eigenvalue weighted by Gasteiger charge is -2.32. The molecule has 1 saturated heterocycles. The van der Waals surface area contributed by atoms with Gasteiger partial charge in [0.1, 0.15) is 31.0 Å². The van der Waals surface area contributed by atoms with Crippen LogP contribution in [0.2, 0.25) is 0 Å². The molecule has 182 valence electrons. The SMILES string of the molecule is Cc1cn(C2CC(O)C(COP([O-])(=S)OC(CO)Cn3ccc(N)nc3=O)O2)c(=O)[nH]c1=O. The molecule has 0 bridgehead atoms. The monoisotopic (exact) mass is 504 g/mol. The van der Waals surface area contributed by atoms with E-state index >= 15 is 0 Å². The number of nitrogens with two attached hydrogens (primary N) is 1. The second-order valence-electron chi connectivity index (χ2n) is 7.35. The number of nitrogen functional groups attached to an aromatic ring is 1. The maximum Gasteiger partial charge on any atom is 0.349 e. The fourth-order valence-corrected chi connectivity index (χ4v) is 4.58. The Labute approximate surface area is 191 Å². The lowest BCUT2D eigenvalue weighted by molar-refractivity contribution is -0.215. The molecule has 16 heteroatoms. The molecular formula is C17H23N5O9PS-. The summed E-state index contributed by atoms with van der Waals surface area (Å²) in [5.41, 5.74) is 3.76. The number of hydrogen-bond acceptors (Lipinski definition) is 12. The van der Waals surface area contributed by atoms with Gasteiger partial charge in [0, 0.05) is 24.4 Å². The predicted octanol–water partition coefficient (Wildman–Crippen LogP) is -2.69. The first-order chi connectivity index (χ1) is 15.5. The summed E-state index contributed by atoms with van der Waals surface area (Å²) in [4.78, 5) is 53.6. The van der Waals surface area contributed by atoms with Gasteiger partial charge in [0.25, 0.3) is 5.56 Å². The van der Waals surface area contributed by atoms with Gasteiger partial charge < -0.3 is 34.6 Å². The fraction of sp³-hybridized carbons (Fsp3) is 0.529. The molecule has 0 amide bonds. The topological polar surface area (TPSA) is 207 Å². The molecule has 0 aliphatic carbocycles. The third kappa shape index (κ3) is 6.43. The number of aryl methyl sites for hydroxylation is 1. The average molecular weight is 504 g/mol. The van der Waals surface area contributed by atoms with E-state index in [-0.39, 0.29) is 24.3 Å². The van der Waals surface area contributed by atoms with Gasteiger partial charge in [-0.25, -0.2) is 9.59 Å². The molecule has 33 heavy (non-hydrogen) atoms. The van der Waals surface area contributed by atoms with Crippen LogP contribution >= 0.6 is 6.72 Å². The number of nitrogens with zero attached hydrogens (tertiary/aromatic N) is 3. The van der Waals surface area contributed by atoms with Crippen molar-refractivity contribution in [2.24, 2.45) is 0 Å². The molecule has 0 aromatic carbocycles. The standard InChI is InChI=1S/C17H24N5O9PS/c1-9-5-22(17(27)20-15(9)25)14-4-11(24)12(30-14)8-29-32(28,33)31-10(7-23)6-21-3-2-13(18)19-16(21)26/h2-3,5,10-12,14,23-24H,4,6-8H2,1H3,(H,28,33)(H2,18,19,26)(H,20,25,27)/p-1. The number of aliphatic hydroxyl groups is 2. The highest BCUT2D eigenvalue weighted by Gasteiger charge is 2.36. The Kier molecular flexibility index (Phi) is 7.97. The molecule has 0 radical (unpaired) electrons. The number of anilines is 1. The molecule has 3 rings (SSSR count). The van der Waals surface area contributed by atoms with Crippen molar-refractivity contribution in [1.82, 2.24) is 19.1 Å². The Morgan fingerprint density at radius 1 is 1.48 bits per heavy atom. The van der Waals surface area contributed by atoms with Gasteiger partial charge in [-0.1, -0.05) is 11.8 Å². The molecule has 3 heterocycles. The van der Waals surface area contributed by atoms with Crippen molar-refractivity contribution in [3.8, 4) is 0 Å². The van der Waals surface area contributed by atoms with E-state index in [0.29, 0.717) is 0 Å². The molecule has 2 aromatic rings. The molecule has 14 nitrogen and oxygen atoms in total.